The van der Waals surface area contributed by atoms with Gasteiger partial charge in [0.15, 0.2) is 0 Å². The van der Waals surface area contributed by atoms with Crippen molar-refractivity contribution in [3.8, 4) is 0 Å². The van der Waals surface area contributed by atoms with Gasteiger partial charge in [-0.15, -0.1) is 0 Å². The molecule has 1 aliphatic rings. The molecule has 3 aromatic rings. The first-order valence-electron chi connectivity index (χ1n) is 8.57. The van der Waals surface area contributed by atoms with Crippen molar-refractivity contribution in [3.05, 3.63) is 77.3 Å². The summed E-state index contributed by atoms with van der Waals surface area (Å²) < 4.78 is 0. The molecule has 0 aliphatic carbocycles. The number of fused-ring (bicyclic) bond motifs is 1. The maximum atomic E-state index is 5.97. The molecular formula is C21H20ClN3. The average Bonchev–Trinajstić information content (AvgIpc) is 2.67. The fraction of sp³-hybridized carbons (Fsp3) is 0.190. The highest BCUT2D eigenvalue weighted by atomic mass is 35.5. The van der Waals surface area contributed by atoms with E-state index < -0.39 is 0 Å². The predicted molar refractivity (Wildman–Crippen MR) is 107 cm³/mol. The second kappa shape index (κ2) is 7.16. The van der Waals surface area contributed by atoms with Crippen LogP contribution >= 0.6 is 11.6 Å². The van der Waals surface area contributed by atoms with Crippen LogP contribution in [0.4, 0.5) is 5.69 Å². The zero-order chi connectivity index (χ0) is 17.1. The first kappa shape index (κ1) is 16.0. The molecule has 4 rings (SSSR count). The molecule has 0 aromatic heterocycles. The molecule has 0 spiro atoms. The number of rotatable bonds is 3. The van der Waals surface area contributed by atoms with Crippen molar-refractivity contribution in [2.45, 2.75) is 0 Å². The number of hydrogen-bond acceptors (Lipinski definition) is 3. The van der Waals surface area contributed by atoms with Gasteiger partial charge in [-0.25, -0.2) is 0 Å². The molecule has 1 aliphatic heterocycles. The van der Waals surface area contributed by atoms with Gasteiger partial charge < -0.3 is 4.90 Å². The number of hydrazone groups is 1. The van der Waals surface area contributed by atoms with Crippen LogP contribution in [0.2, 0.25) is 5.02 Å². The Hall–Kier alpha value is -2.52. The van der Waals surface area contributed by atoms with Gasteiger partial charge >= 0.3 is 0 Å². The van der Waals surface area contributed by atoms with Crippen LogP contribution in [0.1, 0.15) is 5.56 Å². The summed E-state index contributed by atoms with van der Waals surface area (Å²) in [5.41, 5.74) is 2.39. The zero-order valence-corrected chi connectivity index (χ0v) is 14.7. The maximum Gasteiger partial charge on any atom is 0.0549 e. The third kappa shape index (κ3) is 3.62. The van der Waals surface area contributed by atoms with Gasteiger partial charge in [-0.2, -0.15) is 5.10 Å². The average molecular weight is 350 g/mol. The van der Waals surface area contributed by atoms with E-state index in [0.717, 1.165) is 31.2 Å². The standard InChI is InChI=1S/C21H20ClN3/c22-19-8-10-20(11-9-19)24-12-14-25(15-13-24)23-16-18-6-3-5-17-4-1-2-7-21(17)18/h1-11,16H,12-15H2/b23-16+. The Labute approximate surface area is 153 Å². The van der Waals surface area contributed by atoms with Crippen LogP contribution < -0.4 is 4.90 Å². The van der Waals surface area contributed by atoms with E-state index in [4.69, 9.17) is 16.7 Å². The highest BCUT2D eigenvalue weighted by Crippen LogP contribution is 2.20. The summed E-state index contributed by atoms with van der Waals surface area (Å²) in [7, 11) is 0. The van der Waals surface area contributed by atoms with Crippen molar-refractivity contribution < 1.29 is 0 Å². The van der Waals surface area contributed by atoms with E-state index in [9.17, 15) is 0 Å². The number of halogens is 1. The Morgan fingerprint density at radius 3 is 2.32 bits per heavy atom. The summed E-state index contributed by atoms with van der Waals surface area (Å²) in [6.45, 7) is 3.77. The van der Waals surface area contributed by atoms with Crippen molar-refractivity contribution >= 4 is 34.3 Å². The van der Waals surface area contributed by atoms with Gasteiger partial charge in [0, 0.05) is 29.4 Å². The molecule has 0 bridgehead atoms. The van der Waals surface area contributed by atoms with E-state index in [0.29, 0.717) is 0 Å². The molecule has 0 amide bonds. The van der Waals surface area contributed by atoms with Crippen LogP contribution in [-0.4, -0.2) is 37.4 Å². The van der Waals surface area contributed by atoms with E-state index in [1.54, 1.807) is 0 Å². The largest absolute Gasteiger partial charge is 0.368 e. The molecule has 126 valence electrons. The molecule has 25 heavy (non-hydrogen) atoms. The Morgan fingerprint density at radius 1 is 0.800 bits per heavy atom. The van der Waals surface area contributed by atoms with Gasteiger partial charge in [-0.3, -0.25) is 5.01 Å². The van der Waals surface area contributed by atoms with Crippen molar-refractivity contribution in [2.75, 3.05) is 31.1 Å². The van der Waals surface area contributed by atoms with Crippen molar-refractivity contribution in [3.63, 3.8) is 0 Å². The Balaban J connectivity index is 1.43. The number of anilines is 1. The van der Waals surface area contributed by atoms with Gasteiger partial charge in [-0.1, -0.05) is 54.1 Å². The molecule has 1 heterocycles. The molecule has 1 fully saturated rings. The van der Waals surface area contributed by atoms with E-state index in [2.05, 4.69) is 64.5 Å². The second-order valence-corrected chi connectivity index (χ2v) is 6.67. The van der Waals surface area contributed by atoms with Crippen molar-refractivity contribution in [1.29, 1.82) is 0 Å². The summed E-state index contributed by atoms with van der Waals surface area (Å²) in [6, 6.07) is 22.8. The van der Waals surface area contributed by atoms with E-state index in [1.807, 2.05) is 18.3 Å². The Kier molecular flexibility index (Phi) is 4.57. The van der Waals surface area contributed by atoms with Gasteiger partial charge in [0.25, 0.3) is 0 Å². The molecule has 0 unspecified atom stereocenters. The maximum absolute atomic E-state index is 5.97. The van der Waals surface area contributed by atoms with E-state index >= 15 is 0 Å². The fourth-order valence-corrected chi connectivity index (χ4v) is 3.35. The SMILES string of the molecule is Clc1ccc(N2CCN(/N=C/c3cccc4ccccc34)CC2)cc1. The molecule has 0 radical (unpaired) electrons. The van der Waals surface area contributed by atoms with Crippen LogP contribution in [0.5, 0.6) is 0 Å². The molecule has 0 atom stereocenters. The monoisotopic (exact) mass is 349 g/mol. The first-order chi connectivity index (χ1) is 12.3. The summed E-state index contributed by atoms with van der Waals surface area (Å²) in [5.74, 6) is 0. The summed E-state index contributed by atoms with van der Waals surface area (Å²) in [5, 5.41) is 10.1. The van der Waals surface area contributed by atoms with Gasteiger partial charge in [0.1, 0.15) is 0 Å². The normalized spacial score (nSPS) is 15.2. The summed E-state index contributed by atoms with van der Waals surface area (Å²) in [4.78, 5) is 2.38. The van der Waals surface area contributed by atoms with Crippen LogP contribution in [0, 0.1) is 0 Å². The zero-order valence-electron chi connectivity index (χ0n) is 14.0. The number of hydrogen-bond donors (Lipinski definition) is 0. The molecule has 0 saturated carbocycles. The number of piperazine rings is 1. The van der Waals surface area contributed by atoms with Crippen molar-refractivity contribution in [1.82, 2.24) is 5.01 Å². The van der Waals surface area contributed by atoms with Crippen LogP contribution in [-0.2, 0) is 0 Å². The van der Waals surface area contributed by atoms with Gasteiger partial charge in [-0.05, 0) is 35.0 Å². The topological polar surface area (TPSA) is 18.8 Å². The quantitative estimate of drug-likeness (QED) is 0.641. The van der Waals surface area contributed by atoms with Crippen molar-refractivity contribution in [2.24, 2.45) is 5.10 Å². The number of benzene rings is 3. The Morgan fingerprint density at radius 2 is 1.52 bits per heavy atom. The molecule has 0 N–H and O–H groups in total. The third-order valence-corrected chi connectivity index (χ3v) is 4.88. The highest BCUT2D eigenvalue weighted by molar-refractivity contribution is 6.30. The minimum atomic E-state index is 0.780. The summed E-state index contributed by atoms with van der Waals surface area (Å²) in [6.07, 6.45) is 1.99. The smallest absolute Gasteiger partial charge is 0.0549 e. The lowest BCUT2D eigenvalue weighted by atomic mass is 10.1. The lowest BCUT2D eigenvalue weighted by Crippen LogP contribution is -2.44. The minimum Gasteiger partial charge on any atom is -0.368 e. The Bertz CT molecular complexity index is 876. The van der Waals surface area contributed by atoms with Crippen LogP contribution in [0.25, 0.3) is 10.8 Å². The van der Waals surface area contributed by atoms with Crippen LogP contribution in [0.3, 0.4) is 0 Å². The third-order valence-electron chi connectivity index (χ3n) is 4.63. The van der Waals surface area contributed by atoms with E-state index in [1.165, 1.54) is 22.0 Å². The molecule has 4 heteroatoms. The van der Waals surface area contributed by atoms with Gasteiger partial charge in [0.2, 0.25) is 0 Å². The number of nitrogens with zero attached hydrogens (tertiary/aromatic N) is 3. The second-order valence-electron chi connectivity index (χ2n) is 6.23. The summed E-state index contributed by atoms with van der Waals surface area (Å²) >= 11 is 5.97. The van der Waals surface area contributed by atoms with E-state index in [-0.39, 0.29) is 0 Å². The molecule has 3 aromatic carbocycles. The fourth-order valence-electron chi connectivity index (χ4n) is 3.23. The molecule has 1 saturated heterocycles. The predicted octanol–water partition coefficient (Wildman–Crippen LogP) is 4.65. The lowest BCUT2D eigenvalue weighted by molar-refractivity contribution is 0.272. The first-order valence-corrected chi connectivity index (χ1v) is 8.95. The molecular weight excluding hydrogens is 330 g/mol. The van der Waals surface area contributed by atoms with Crippen LogP contribution in [0.15, 0.2) is 71.8 Å². The lowest BCUT2D eigenvalue weighted by Gasteiger charge is -2.34. The minimum absolute atomic E-state index is 0.780. The van der Waals surface area contributed by atoms with Gasteiger partial charge in [0.05, 0.1) is 19.3 Å². The molecule has 3 nitrogen and oxygen atoms in total. The highest BCUT2D eigenvalue weighted by Gasteiger charge is 2.15.